The van der Waals surface area contributed by atoms with Crippen LogP contribution >= 0.6 is 0 Å². The Kier molecular flexibility index (Phi) is 3.03. The third-order valence-corrected chi connectivity index (χ3v) is 1.94. The van der Waals surface area contributed by atoms with E-state index in [1.54, 1.807) is 0 Å². The summed E-state index contributed by atoms with van der Waals surface area (Å²) in [5.41, 5.74) is -1.35. The fourth-order valence-electron chi connectivity index (χ4n) is 1.04. The number of aliphatic hydroxyl groups is 2. The minimum atomic E-state index is -1.35. The zero-order valence-electron chi connectivity index (χ0n) is 7.19. The van der Waals surface area contributed by atoms with E-state index in [4.69, 9.17) is 14.6 Å². The van der Waals surface area contributed by atoms with E-state index in [9.17, 15) is 5.11 Å². The van der Waals surface area contributed by atoms with Gasteiger partial charge in [-0.05, 0) is 6.92 Å². The standard InChI is InChI=1S/C7H14O5/c1-7(9)5(12-4-10-2)3-11-6(7)8/h5-6,8-9H,3-4H2,1-2H3/t5-,6-,7-/m0/s1. The van der Waals surface area contributed by atoms with E-state index in [0.717, 1.165) is 0 Å². The van der Waals surface area contributed by atoms with E-state index in [2.05, 4.69) is 4.74 Å². The predicted octanol–water partition coefficient (Wildman–Crippen LogP) is -0.925. The highest BCUT2D eigenvalue weighted by Gasteiger charge is 2.46. The maximum absolute atomic E-state index is 9.59. The summed E-state index contributed by atoms with van der Waals surface area (Å²) in [6, 6.07) is 0. The number of rotatable bonds is 3. The second-order valence-corrected chi connectivity index (χ2v) is 2.97. The summed E-state index contributed by atoms with van der Waals surface area (Å²) in [5.74, 6) is 0. The first kappa shape index (κ1) is 9.88. The molecule has 1 saturated heterocycles. The van der Waals surface area contributed by atoms with Crippen LogP contribution in [-0.4, -0.2) is 48.7 Å². The molecule has 0 spiro atoms. The molecule has 1 aliphatic heterocycles. The SMILES string of the molecule is COCO[C@H]1CO[C@H](O)[C@@]1(C)O. The second-order valence-electron chi connectivity index (χ2n) is 2.97. The van der Waals surface area contributed by atoms with Gasteiger partial charge < -0.3 is 24.4 Å². The van der Waals surface area contributed by atoms with Gasteiger partial charge in [0.15, 0.2) is 6.29 Å². The summed E-state index contributed by atoms with van der Waals surface area (Å²) in [6.45, 7) is 1.72. The van der Waals surface area contributed by atoms with Crippen LogP contribution in [0.15, 0.2) is 0 Å². The van der Waals surface area contributed by atoms with Gasteiger partial charge >= 0.3 is 0 Å². The molecule has 1 aliphatic rings. The maximum Gasteiger partial charge on any atom is 0.186 e. The highest BCUT2D eigenvalue weighted by molar-refractivity contribution is 4.90. The summed E-state index contributed by atoms with van der Waals surface area (Å²) in [4.78, 5) is 0. The van der Waals surface area contributed by atoms with Crippen molar-refractivity contribution < 1.29 is 24.4 Å². The molecule has 0 radical (unpaired) electrons. The molecule has 0 saturated carbocycles. The van der Waals surface area contributed by atoms with E-state index in [0.29, 0.717) is 0 Å². The molecule has 0 bridgehead atoms. The minimum Gasteiger partial charge on any atom is -0.382 e. The van der Waals surface area contributed by atoms with Crippen LogP contribution in [0.5, 0.6) is 0 Å². The van der Waals surface area contributed by atoms with Gasteiger partial charge in [0.05, 0.1) is 6.61 Å². The molecule has 3 atom stereocenters. The summed E-state index contributed by atoms with van der Waals surface area (Å²) in [5, 5.41) is 18.7. The fraction of sp³-hybridized carbons (Fsp3) is 1.00. The first-order chi connectivity index (χ1) is 5.59. The molecule has 1 fully saturated rings. The molecular weight excluding hydrogens is 164 g/mol. The molecule has 12 heavy (non-hydrogen) atoms. The number of aliphatic hydroxyl groups excluding tert-OH is 1. The number of ether oxygens (including phenoxy) is 3. The minimum absolute atomic E-state index is 0.0803. The summed E-state index contributed by atoms with van der Waals surface area (Å²) in [7, 11) is 1.49. The molecular formula is C7H14O5. The Morgan fingerprint density at radius 1 is 1.67 bits per heavy atom. The van der Waals surface area contributed by atoms with Crippen molar-refractivity contribution in [3.8, 4) is 0 Å². The smallest absolute Gasteiger partial charge is 0.186 e. The maximum atomic E-state index is 9.59. The van der Waals surface area contributed by atoms with Crippen molar-refractivity contribution in [2.75, 3.05) is 20.5 Å². The molecule has 0 aliphatic carbocycles. The number of hydrogen-bond donors (Lipinski definition) is 2. The van der Waals surface area contributed by atoms with Crippen molar-refractivity contribution in [3.05, 3.63) is 0 Å². The van der Waals surface area contributed by atoms with E-state index in [-0.39, 0.29) is 13.4 Å². The molecule has 72 valence electrons. The average molecular weight is 178 g/mol. The Bertz CT molecular complexity index is 147. The van der Waals surface area contributed by atoms with Crippen LogP contribution in [0.2, 0.25) is 0 Å². The number of methoxy groups -OCH3 is 1. The van der Waals surface area contributed by atoms with Gasteiger partial charge in [-0.25, -0.2) is 0 Å². The Balaban J connectivity index is 2.44. The molecule has 0 unspecified atom stereocenters. The van der Waals surface area contributed by atoms with E-state index < -0.39 is 18.0 Å². The van der Waals surface area contributed by atoms with Crippen LogP contribution in [0.3, 0.4) is 0 Å². The van der Waals surface area contributed by atoms with Gasteiger partial charge in [0.1, 0.15) is 18.5 Å². The lowest BCUT2D eigenvalue weighted by molar-refractivity contribution is -0.180. The topological polar surface area (TPSA) is 68.2 Å². The van der Waals surface area contributed by atoms with Crippen LogP contribution < -0.4 is 0 Å². The molecule has 0 aromatic heterocycles. The Morgan fingerprint density at radius 3 is 2.75 bits per heavy atom. The van der Waals surface area contributed by atoms with Gasteiger partial charge in [0, 0.05) is 7.11 Å². The van der Waals surface area contributed by atoms with E-state index >= 15 is 0 Å². The van der Waals surface area contributed by atoms with Crippen molar-refractivity contribution in [3.63, 3.8) is 0 Å². The average Bonchev–Trinajstić information content (AvgIpc) is 2.25. The normalized spacial score (nSPS) is 42.0. The predicted molar refractivity (Wildman–Crippen MR) is 39.3 cm³/mol. The van der Waals surface area contributed by atoms with Crippen molar-refractivity contribution >= 4 is 0 Å². The van der Waals surface area contributed by atoms with Gasteiger partial charge in [-0.1, -0.05) is 0 Å². The lowest BCUT2D eigenvalue weighted by Crippen LogP contribution is -2.45. The van der Waals surface area contributed by atoms with Crippen LogP contribution in [0.25, 0.3) is 0 Å². The Labute approximate surface area is 70.9 Å². The van der Waals surface area contributed by atoms with Crippen LogP contribution in [0.4, 0.5) is 0 Å². The molecule has 0 aromatic rings. The molecule has 0 amide bonds. The molecule has 2 N–H and O–H groups in total. The van der Waals surface area contributed by atoms with Crippen LogP contribution in [0, 0.1) is 0 Å². The molecule has 5 nitrogen and oxygen atoms in total. The third-order valence-electron chi connectivity index (χ3n) is 1.94. The molecule has 5 heteroatoms. The number of hydrogen-bond acceptors (Lipinski definition) is 5. The fourth-order valence-corrected chi connectivity index (χ4v) is 1.04. The molecule has 0 aromatic carbocycles. The Morgan fingerprint density at radius 2 is 2.33 bits per heavy atom. The van der Waals surface area contributed by atoms with Crippen molar-refractivity contribution in [2.24, 2.45) is 0 Å². The van der Waals surface area contributed by atoms with Crippen LogP contribution in [0.1, 0.15) is 6.92 Å². The lowest BCUT2D eigenvalue weighted by Gasteiger charge is -2.25. The summed E-state index contributed by atoms with van der Waals surface area (Å²) in [6.07, 6.45) is -1.72. The van der Waals surface area contributed by atoms with Gasteiger partial charge in [-0.2, -0.15) is 0 Å². The monoisotopic (exact) mass is 178 g/mol. The Hall–Kier alpha value is -0.200. The zero-order valence-corrected chi connectivity index (χ0v) is 7.19. The highest BCUT2D eigenvalue weighted by Crippen LogP contribution is 2.26. The van der Waals surface area contributed by atoms with Crippen molar-refractivity contribution in [1.82, 2.24) is 0 Å². The molecule has 1 heterocycles. The highest BCUT2D eigenvalue weighted by atomic mass is 16.7. The molecule has 1 rings (SSSR count). The second kappa shape index (κ2) is 3.68. The van der Waals surface area contributed by atoms with Gasteiger partial charge in [-0.15, -0.1) is 0 Å². The summed E-state index contributed by atoms with van der Waals surface area (Å²) >= 11 is 0. The van der Waals surface area contributed by atoms with Gasteiger partial charge in [-0.3, -0.25) is 0 Å². The third kappa shape index (κ3) is 1.75. The van der Waals surface area contributed by atoms with Gasteiger partial charge in [0.25, 0.3) is 0 Å². The van der Waals surface area contributed by atoms with E-state index in [1.807, 2.05) is 0 Å². The zero-order chi connectivity index (χ0) is 9.19. The lowest BCUT2D eigenvalue weighted by atomic mass is 10.0. The van der Waals surface area contributed by atoms with E-state index in [1.165, 1.54) is 14.0 Å². The van der Waals surface area contributed by atoms with Gasteiger partial charge in [0.2, 0.25) is 0 Å². The van der Waals surface area contributed by atoms with Crippen molar-refractivity contribution in [1.29, 1.82) is 0 Å². The first-order valence-corrected chi connectivity index (χ1v) is 3.71. The first-order valence-electron chi connectivity index (χ1n) is 3.71. The quantitative estimate of drug-likeness (QED) is 0.547. The largest absolute Gasteiger partial charge is 0.382 e. The van der Waals surface area contributed by atoms with Crippen LogP contribution in [-0.2, 0) is 14.2 Å². The summed E-state index contributed by atoms with van der Waals surface area (Å²) < 4.78 is 14.5. The van der Waals surface area contributed by atoms with Crippen molar-refractivity contribution in [2.45, 2.75) is 24.9 Å².